The number of para-hydroxylation sites is 2. The smallest absolute Gasteiger partial charge is 0.282 e. The highest BCUT2D eigenvalue weighted by atomic mass is 16.6. The van der Waals surface area contributed by atoms with Crippen LogP contribution in [-0.2, 0) is 4.79 Å². The van der Waals surface area contributed by atoms with Gasteiger partial charge in [0.1, 0.15) is 6.61 Å². The van der Waals surface area contributed by atoms with Crippen LogP contribution in [0.3, 0.4) is 0 Å². The average Bonchev–Trinajstić information content (AvgIpc) is 2.65. The highest BCUT2D eigenvalue weighted by Gasteiger charge is 2.27. The van der Waals surface area contributed by atoms with E-state index in [9.17, 15) is 14.9 Å². The quantitative estimate of drug-likeness (QED) is 0.630. The van der Waals surface area contributed by atoms with E-state index in [1.807, 2.05) is 6.07 Å². The predicted octanol–water partition coefficient (Wildman–Crippen LogP) is 2.33. The second kappa shape index (κ2) is 7.14. The van der Waals surface area contributed by atoms with Crippen molar-refractivity contribution in [1.82, 2.24) is 10.9 Å². The molecule has 0 saturated carbocycles. The molecule has 26 heavy (non-hydrogen) atoms. The van der Waals surface area contributed by atoms with Crippen LogP contribution in [0.1, 0.15) is 11.1 Å². The maximum atomic E-state index is 12.2. The number of fused-ring (bicyclic) bond motifs is 1. The van der Waals surface area contributed by atoms with Crippen LogP contribution in [0.5, 0.6) is 11.5 Å². The molecule has 3 rings (SSSR count). The molecule has 1 amide bonds. The molecule has 0 spiro atoms. The number of carbonyl (C=O) groups excluding carboxylic acids is 1. The first-order valence-electron chi connectivity index (χ1n) is 7.84. The van der Waals surface area contributed by atoms with Crippen LogP contribution in [0, 0.1) is 17.0 Å². The molecule has 2 aromatic carbocycles. The Labute approximate surface area is 149 Å². The van der Waals surface area contributed by atoms with Gasteiger partial charge in [0.15, 0.2) is 11.5 Å². The van der Waals surface area contributed by atoms with Crippen LogP contribution in [0.4, 0.5) is 5.69 Å². The van der Waals surface area contributed by atoms with Gasteiger partial charge in [-0.3, -0.25) is 25.8 Å². The lowest BCUT2D eigenvalue weighted by Crippen LogP contribution is -2.48. The second-order valence-electron chi connectivity index (χ2n) is 5.72. The van der Waals surface area contributed by atoms with Gasteiger partial charge >= 0.3 is 0 Å². The number of nitro benzene ring substituents is 1. The lowest BCUT2D eigenvalue weighted by Gasteiger charge is -2.25. The number of rotatable bonds is 5. The van der Waals surface area contributed by atoms with Crippen molar-refractivity contribution in [2.24, 2.45) is 0 Å². The van der Waals surface area contributed by atoms with E-state index in [4.69, 9.17) is 9.47 Å². The predicted molar refractivity (Wildman–Crippen MR) is 94.5 cm³/mol. The first-order chi connectivity index (χ1) is 12.5. The molecule has 0 radical (unpaired) electrons. The Morgan fingerprint density at radius 3 is 2.69 bits per heavy atom. The summed E-state index contributed by atoms with van der Waals surface area (Å²) in [5.74, 6) is 0.634. The molecule has 1 heterocycles. The van der Waals surface area contributed by atoms with Gasteiger partial charge < -0.3 is 9.47 Å². The molecular formula is C18H17N3O5. The van der Waals surface area contributed by atoms with E-state index in [0.29, 0.717) is 28.3 Å². The number of hydrogen-bond acceptors (Lipinski definition) is 6. The molecule has 0 fully saturated rings. The maximum absolute atomic E-state index is 12.2. The molecule has 2 N–H and O–H groups in total. The minimum Gasteiger partial charge on any atom is -0.485 e. The van der Waals surface area contributed by atoms with Crippen LogP contribution in [0.25, 0.3) is 5.70 Å². The number of benzene rings is 2. The van der Waals surface area contributed by atoms with E-state index in [-0.39, 0.29) is 12.3 Å². The van der Waals surface area contributed by atoms with Crippen molar-refractivity contribution in [3.63, 3.8) is 0 Å². The van der Waals surface area contributed by atoms with Crippen molar-refractivity contribution < 1.29 is 19.2 Å². The minimum absolute atomic E-state index is 0.0163. The van der Waals surface area contributed by atoms with Gasteiger partial charge in [-0.15, -0.1) is 0 Å². The number of aryl methyl sites for hydroxylation is 1. The van der Waals surface area contributed by atoms with Crippen LogP contribution in [0.15, 0.2) is 49.0 Å². The third kappa shape index (κ3) is 3.59. The monoisotopic (exact) mass is 355 g/mol. The van der Waals surface area contributed by atoms with Crippen molar-refractivity contribution in [3.05, 3.63) is 70.3 Å². The van der Waals surface area contributed by atoms with Crippen molar-refractivity contribution in [2.45, 2.75) is 13.0 Å². The average molecular weight is 355 g/mol. The number of amides is 1. The lowest BCUT2D eigenvalue weighted by molar-refractivity contribution is -0.385. The van der Waals surface area contributed by atoms with Crippen LogP contribution >= 0.6 is 0 Å². The number of ether oxygens (including phenoxy) is 2. The lowest BCUT2D eigenvalue weighted by atomic mass is 10.1. The van der Waals surface area contributed by atoms with E-state index in [2.05, 4.69) is 17.4 Å². The molecule has 8 nitrogen and oxygen atoms in total. The molecular weight excluding hydrogens is 338 g/mol. The van der Waals surface area contributed by atoms with Crippen LogP contribution < -0.4 is 20.3 Å². The molecule has 1 aliphatic heterocycles. The zero-order chi connectivity index (χ0) is 18.7. The van der Waals surface area contributed by atoms with Crippen LogP contribution in [-0.4, -0.2) is 23.5 Å². The number of nitrogens with one attached hydrogen (secondary N) is 2. The number of nitro groups is 1. The number of carbonyl (C=O) groups is 1. The second-order valence-corrected chi connectivity index (χ2v) is 5.72. The Morgan fingerprint density at radius 1 is 1.23 bits per heavy atom. The van der Waals surface area contributed by atoms with Gasteiger partial charge in [0.25, 0.3) is 11.6 Å². The first kappa shape index (κ1) is 17.3. The molecule has 0 aliphatic carbocycles. The zero-order valence-corrected chi connectivity index (χ0v) is 14.0. The summed E-state index contributed by atoms with van der Waals surface area (Å²) in [7, 11) is 0. The fourth-order valence-corrected chi connectivity index (χ4v) is 2.43. The third-order valence-corrected chi connectivity index (χ3v) is 3.89. The SMILES string of the molecule is C=C(NNC(=O)C1COc2ccccc2O1)c1ccc(C)c([N+](=O)[O-])c1. The summed E-state index contributed by atoms with van der Waals surface area (Å²) in [5.41, 5.74) is 6.47. The van der Waals surface area contributed by atoms with E-state index in [1.165, 1.54) is 6.07 Å². The van der Waals surface area contributed by atoms with Crippen molar-refractivity contribution in [1.29, 1.82) is 0 Å². The zero-order valence-electron chi connectivity index (χ0n) is 14.0. The first-order valence-corrected chi connectivity index (χ1v) is 7.84. The fourth-order valence-electron chi connectivity index (χ4n) is 2.43. The minimum atomic E-state index is -0.822. The molecule has 134 valence electrons. The molecule has 1 atom stereocenters. The summed E-state index contributed by atoms with van der Waals surface area (Å²) in [5, 5.41) is 11.0. The normalized spacial score (nSPS) is 15.0. The Balaban J connectivity index is 1.61. The Hall–Kier alpha value is -3.55. The highest BCUT2D eigenvalue weighted by molar-refractivity contribution is 5.82. The van der Waals surface area contributed by atoms with E-state index in [1.54, 1.807) is 37.3 Å². The van der Waals surface area contributed by atoms with Gasteiger partial charge in [0.05, 0.1) is 10.6 Å². The molecule has 0 aromatic heterocycles. The third-order valence-electron chi connectivity index (χ3n) is 3.89. The maximum Gasteiger partial charge on any atom is 0.282 e. The number of nitrogens with zero attached hydrogens (tertiary/aromatic N) is 1. The van der Waals surface area contributed by atoms with Gasteiger partial charge in [0.2, 0.25) is 6.10 Å². The topological polar surface area (TPSA) is 103 Å². The van der Waals surface area contributed by atoms with Crippen molar-refractivity contribution in [3.8, 4) is 11.5 Å². The largest absolute Gasteiger partial charge is 0.485 e. The summed E-state index contributed by atoms with van der Waals surface area (Å²) in [6, 6.07) is 11.8. The Kier molecular flexibility index (Phi) is 4.74. The Morgan fingerprint density at radius 2 is 1.96 bits per heavy atom. The van der Waals surface area contributed by atoms with Crippen LogP contribution in [0.2, 0.25) is 0 Å². The van der Waals surface area contributed by atoms with Gasteiger partial charge in [-0.2, -0.15) is 0 Å². The highest BCUT2D eigenvalue weighted by Crippen LogP contribution is 2.30. The summed E-state index contributed by atoms with van der Waals surface area (Å²) in [6.07, 6.45) is -0.822. The Bertz CT molecular complexity index is 881. The van der Waals surface area contributed by atoms with Gasteiger partial charge in [-0.05, 0) is 19.1 Å². The summed E-state index contributed by atoms with van der Waals surface area (Å²) in [4.78, 5) is 22.8. The number of hydrogen-bond donors (Lipinski definition) is 2. The van der Waals surface area contributed by atoms with Gasteiger partial charge in [0, 0.05) is 17.2 Å². The van der Waals surface area contributed by atoms with E-state index >= 15 is 0 Å². The van der Waals surface area contributed by atoms with Gasteiger partial charge in [-0.25, -0.2) is 0 Å². The molecule has 8 heteroatoms. The molecule has 0 saturated heterocycles. The molecule has 2 aromatic rings. The molecule has 0 bridgehead atoms. The van der Waals surface area contributed by atoms with E-state index < -0.39 is 16.9 Å². The van der Waals surface area contributed by atoms with Crippen molar-refractivity contribution >= 4 is 17.3 Å². The fraction of sp³-hybridized carbons (Fsp3) is 0.167. The molecule has 1 aliphatic rings. The van der Waals surface area contributed by atoms with Gasteiger partial charge in [-0.1, -0.05) is 30.8 Å². The van der Waals surface area contributed by atoms with Crippen molar-refractivity contribution in [2.75, 3.05) is 6.61 Å². The number of hydrazine groups is 1. The summed E-state index contributed by atoms with van der Waals surface area (Å²) in [6.45, 7) is 5.51. The summed E-state index contributed by atoms with van der Waals surface area (Å²) >= 11 is 0. The molecule has 1 unspecified atom stereocenters. The van der Waals surface area contributed by atoms with E-state index in [0.717, 1.165) is 0 Å². The standard InChI is InChI=1S/C18H17N3O5/c1-11-7-8-13(9-14(11)21(23)24)12(2)19-20-18(22)17-10-25-15-5-3-4-6-16(15)26-17/h3-9,17,19H,2,10H2,1H3,(H,20,22). The summed E-state index contributed by atoms with van der Waals surface area (Å²) < 4.78 is 11.1.